The first-order chi connectivity index (χ1) is 6.66. The second-order valence-electron chi connectivity index (χ2n) is 4.57. The molecule has 2 N–H and O–H groups in total. The number of likely N-dealkylation sites (N-methyl/N-ethyl adjacent to an activating group) is 1. The molecule has 0 aromatic rings. The summed E-state index contributed by atoms with van der Waals surface area (Å²) in [6.07, 6.45) is 3.23. The molecule has 0 amide bonds. The van der Waals surface area contributed by atoms with Gasteiger partial charge in [-0.25, -0.2) is 0 Å². The van der Waals surface area contributed by atoms with Crippen LogP contribution in [0.2, 0.25) is 0 Å². The first-order valence-electron chi connectivity index (χ1n) is 5.34. The molecule has 1 heterocycles. The van der Waals surface area contributed by atoms with E-state index in [4.69, 9.17) is 5.11 Å². The Morgan fingerprint density at radius 3 is 2.64 bits per heavy atom. The molecule has 0 aromatic carbocycles. The fourth-order valence-corrected chi connectivity index (χ4v) is 2.16. The van der Waals surface area contributed by atoms with Gasteiger partial charge in [0.1, 0.15) is 6.04 Å². The Bertz CT molecular complexity index is 228. The highest BCUT2D eigenvalue weighted by Gasteiger charge is 2.38. The lowest BCUT2D eigenvalue weighted by Crippen LogP contribution is -2.45. The summed E-state index contributed by atoms with van der Waals surface area (Å²) in [5.74, 6) is -0.291. The Kier molecular flexibility index (Phi) is 2.74. The highest BCUT2D eigenvalue weighted by molar-refractivity contribution is 5.74. The van der Waals surface area contributed by atoms with Crippen molar-refractivity contribution in [3.05, 3.63) is 0 Å². The van der Waals surface area contributed by atoms with Crippen LogP contribution in [0.4, 0.5) is 0 Å². The Hall–Kier alpha value is -0.610. The quantitative estimate of drug-likeness (QED) is 0.675. The van der Waals surface area contributed by atoms with Crippen LogP contribution in [0.5, 0.6) is 0 Å². The van der Waals surface area contributed by atoms with Gasteiger partial charge in [0.2, 0.25) is 0 Å². The van der Waals surface area contributed by atoms with E-state index in [1.807, 2.05) is 0 Å². The molecule has 2 aliphatic rings. The van der Waals surface area contributed by atoms with Crippen LogP contribution in [0.3, 0.4) is 0 Å². The van der Waals surface area contributed by atoms with E-state index in [1.165, 1.54) is 0 Å². The third-order valence-corrected chi connectivity index (χ3v) is 3.17. The minimum atomic E-state index is -0.679. The molecule has 0 bridgehead atoms. The van der Waals surface area contributed by atoms with Gasteiger partial charge in [0.25, 0.3) is 0 Å². The molecule has 1 aliphatic carbocycles. The number of nitrogens with one attached hydrogen (secondary N) is 1. The summed E-state index contributed by atoms with van der Waals surface area (Å²) in [7, 11) is 2.08. The predicted molar refractivity (Wildman–Crippen MR) is 53.2 cm³/mol. The number of carboxylic acid groups (broad SMARTS) is 1. The number of hydrogen-bond donors (Lipinski definition) is 2. The van der Waals surface area contributed by atoms with Gasteiger partial charge < -0.3 is 15.3 Å². The summed E-state index contributed by atoms with van der Waals surface area (Å²) in [6.45, 7) is 2.06. The molecule has 0 radical (unpaired) electrons. The topological polar surface area (TPSA) is 52.6 Å². The van der Waals surface area contributed by atoms with E-state index in [-0.39, 0.29) is 6.04 Å². The molecule has 2 unspecified atom stereocenters. The average molecular weight is 198 g/mol. The van der Waals surface area contributed by atoms with E-state index < -0.39 is 5.97 Å². The van der Waals surface area contributed by atoms with Crippen molar-refractivity contribution in [3.8, 4) is 0 Å². The molecule has 4 nitrogen and oxygen atoms in total. The van der Waals surface area contributed by atoms with Gasteiger partial charge in [-0.3, -0.25) is 4.79 Å². The zero-order chi connectivity index (χ0) is 10.1. The van der Waals surface area contributed by atoms with E-state index in [0.29, 0.717) is 12.0 Å². The number of aliphatic carboxylic acids is 1. The first kappa shape index (κ1) is 9.93. The van der Waals surface area contributed by atoms with E-state index in [0.717, 1.165) is 32.4 Å². The van der Waals surface area contributed by atoms with Gasteiger partial charge in [0, 0.05) is 12.6 Å². The van der Waals surface area contributed by atoms with Crippen LogP contribution in [-0.4, -0.2) is 48.2 Å². The number of nitrogens with zero attached hydrogens (tertiary/aromatic N) is 1. The fourth-order valence-electron chi connectivity index (χ4n) is 2.16. The van der Waals surface area contributed by atoms with Crippen molar-refractivity contribution in [1.29, 1.82) is 0 Å². The molecule has 2 rings (SSSR count). The molecule has 1 saturated heterocycles. The molecule has 1 saturated carbocycles. The van der Waals surface area contributed by atoms with Crippen LogP contribution in [0, 0.1) is 5.92 Å². The van der Waals surface area contributed by atoms with Gasteiger partial charge in [-0.15, -0.1) is 0 Å². The van der Waals surface area contributed by atoms with Crippen LogP contribution in [0.1, 0.15) is 19.3 Å². The second kappa shape index (κ2) is 3.87. The van der Waals surface area contributed by atoms with E-state index >= 15 is 0 Å². The highest BCUT2D eigenvalue weighted by atomic mass is 16.4. The summed E-state index contributed by atoms with van der Waals surface area (Å²) in [4.78, 5) is 13.2. The van der Waals surface area contributed by atoms with Gasteiger partial charge in [0.15, 0.2) is 0 Å². The molecule has 0 spiro atoms. The Morgan fingerprint density at radius 2 is 2.21 bits per heavy atom. The molecule has 0 aromatic heterocycles. The van der Waals surface area contributed by atoms with Crippen molar-refractivity contribution in [1.82, 2.24) is 10.2 Å². The first-order valence-corrected chi connectivity index (χ1v) is 5.34. The van der Waals surface area contributed by atoms with Gasteiger partial charge in [0.05, 0.1) is 0 Å². The molecular weight excluding hydrogens is 180 g/mol. The molecule has 4 heteroatoms. The van der Waals surface area contributed by atoms with Crippen LogP contribution in [0.25, 0.3) is 0 Å². The van der Waals surface area contributed by atoms with Crippen molar-refractivity contribution in [2.24, 2.45) is 5.92 Å². The Balaban J connectivity index is 1.84. The second-order valence-corrected chi connectivity index (χ2v) is 4.57. The molecule has 14 heavy (non-hydrogen) atoms. The number of carbonyl (C=O) groups is 1. The molecule has 2 fully saturated rings. The Morgan fingerprint density at radius 1 is 1.50 bits per heavy atom. The van der Waals surface area contributed by atoms with Crippen molar-refractivity contribution >= 4 is 5.97 Å². The van der Waals surface area contributed by atoms with Crippen molar-refractivity contribution in [2.45, 2.75) is 31.3 Å². The minimum Gasteiger partial charge on any atom is -0.480 e. The van der Waals surface area contributed by atoms with Crippen molar-refractivity contribution in [3.63, 3.8) is 0 Å². The lowest BCUT2D eigenvalue weighted by Gasteiger charge is -2.19. The summed E-state index contributed by atoms with van der Waals surface area (Å²) < 4.78 is 0. The predicted octanol–water partition coefficient (Wildman–Crippen LogP) is 0.143. The van der Waals surface area contributed by atoms with Crippen LogP contribution in [0.15, 0.2) is 0 Å². The number of rotatable bonds is 4. The lowest BCUT2D eigenvalue weighted by molar-refractivity contribution is -0.140. The summed E-state index contributed by atoms with van der Waals surface area (Å²) in [5.41, 5.74) is 0. The van der Waals surface area contributed by atoms with E-state index in [1.54, 1.807) is 0 Å². The maximum absolute atomic E-state index is 11.0. The van der Waals surface area contributed by atoms with Gasteiger partial charge in [-0.05, 0) is 38.8 Å². The largest absolute Gasteiger partial charge is 0.480 e. The maximum atomic E-state index is 11.0. The Labute approximate surface area is 84.3 Å². The van der Waals surface area contributed by atoms with Crippen molar-refractivity contribution in [2.75, 3.05) is 20.1 Å². The summed E-state index contributed by atoms with van der Waals surface area (Å²) in [5, 5.41) is 12.3. The minimum absolute atomic E-state index is 0.300. The molecular formula is C10H18N2O2. The number of hydrogen-bond acceptors (Lipinski definition) is 3. The average Bonchev–Trinajstić information content (AvgIpc) is 2.86. The normalized spacial score (nSPS) is 30.5. The summed E-state index contributed by atoms with van der Waals surface area (Å²) in [6, 6.07) is 0.0770. The number of likely N-dealkylation sites (tertiary alicyclic amines) is 1. The fraction of sp³-hybridized carbons (Fsp3) is 0.900. The van der Waals surface area contributed by atoms with Crippen LogP contribution >= 0.6 is 0 Å². The third kappa shape index (κ3) is 2.25. The van der Waals surface area contributed by atoms with Crippen molar-refractivity contribution < 1.29 is 9.90 Å². The third-order valence-electron chi connectivity index (χ3n) is 3.17. The van der Waals surface area contributed by atoms with Crippen LogP contribution in [-0.2, 0) is 4.79 Å². The van der Waals surface area contributed by atoms with Gasteiger partial charge >= 0.3 is 5.97 Å². The maximum Gasteiger partial charge on any atom is 0.320 e. The lowest BCUT2D eigenvalue weighted by atomic mass is 10.1. The standard InChI is InChI=1S/C10H18N2O2/c1-12-5-4-8(6-12)11-9(10(13)14)7-2-3-7/h7-9,11H,2-6H2,1H3,(H,13,14). The summed E-state index contributed by atoms with van der Waals surface area (Å²) >= 11 is 0. The zero-order valence-electron chi connectivity index (χ0n) is 8.57. The van der Waals surface area contributed by atoms with E-state index in [2.05, 4.69) is 17.3 Å². The van der Waals surface area contributed by atoms with Gasteiger partial charge in [-0.1, -0.05) is 0 Å². The van der Waals surface area contributed by atoms with E-state index in [9.17, 15) is 4.79 Å². The smallest absolute Gasteiger partial charge is 0.320 e. The molecule has 80 valence electrons. The number of carboxylic acids is 1. The van der Waals surface area contributed by atoms with Gasteiger partial charge in [-0.2, -0.15) is 0 Å². The molecule has 2 atom stereocenters. The SMILES string of the molecule is CN1CCC(NC(C(=O)O)C2CC2)C1. The highest BCUT2D eigenvalue weighted by Crippen LogP contribution is 2.33. The monoisotopic (exact) mass is 198 g/mol. The zero-order valence-corrected chi connectivity index (χ0v) is 8.57. The van der Waals surface area contributed by atoms with Crippen LogP contribution < -0.4 is 5.32 Å². The molecule has 1 aliphatic heterocycles.